The highest BCUT2D eigenvalue weighted by Crippen LogP contribution is 2.40. The molecule has 0 atom stereocenters. The second-order valence-corrected chi connectivity index (χ2v) is 6.74. The van der Waals surface area contributed by atoms with Gasteiger partial charge in [0.25, 0.3) is 5.56 Å². The Morgan fingerprint density at radius 3 is 2.42 bits per heavy atom. The fourth-order valence-electron chi connectivity index (χ4n) is 3.37. The molecule has 3 rings (SSSR count). The van der Waals surface area contributed by atoms with E-state index in [4.69, 9.17) is 14.2 Å². The third-order valence-electron chi connectivity index (χ3n) is 4.85. The van der Waals surface area contributed by atoms with Gasteiger partial charge in [-0.1, -0.05) is 13.3 Å². The van der Waals surface area contributed by atoms with Crippen molar-refractivity contribution in [1.82, 2.24) is 9.38 Å². The molecule has 0 bridgehead atoms. The number of ether oxygens (including phenoxy) is 3. The molecule has 2 heterocycles. The molecule has 0 saturated carbocycles. The van der Waals surface area contributed by atoms with E-state index in [1.807, 2.05) is 13.0 Å². The number of carbonyl (C=O) groups is 1. The van der Waals surface area contributed by atoms with Gasteiger partial charge in [-0.2, -0.15) is 0 Å². The minimum Gasteiger partial charge on any atom is -0.493 e. The van der Waals surface area contributed by atoms with Crippen LogP contribution in [-0.4, -0.2) is 41.8 Å². The van der Waals surface area contributed by atoms with Crippen molar-refractivity contribution in [2.75, 3.05) is 21.3 Å². The van der Waals surface area contributed by atoms with Gasteiger partial charge in [0.15, 0.2) is 11.5 Å². The minimum absolute atomic E-state index is 0.0252. The number of benzene rings is 1. The monoisotopic (exact) mass is 424 g/mol. The number of aromatic nitrogens is 2. The molecule has 0 aliphatic heterocycles. The summed E-state index contributed by atoms with van der Waals surface area (Å²) < 4.78 is 17.5. The molecule has 8 heteroatoms. The normalized spacial score (nSPS) is 11.1. The Bertz CT molecular complexity index is 1210. The summed E-state index contributed by atoms with van der Waals surface area (Å²) in [4.78, 5) is 28.9. The van der Waals surface area contributed by atoms with Crippen molar-refractivity contribution < 1.29 is 24.1 Å². The second kappa shape index (κ2) is 9.34. The molecule has 0 unspecified atom stereocenters. The SMILES string of the molecule is CCCc1c(C=Cc2ccc(OC)c(OC)c2OC)nc2ccc(C(=O)O)cn2c1=O. The number of hydrogen-bond donors (Lipinski definition) is 1. The van der Waals surface area contributed by atoms with Gasteiger partial charge in [0, 0.05) is 17.3 Å². The van der Waals surface area contributed by atoms with Crippen LogP contribution in [0.1, 0.15) is 40.5 Å². The Hall–Kier alpha value is -3.81. The fourth-order valence-corrected chi connectivity index (χ4v) is 3.37. The third-order valence-corrected chi connectivity index (χ3v) is 4.85. The van der Waals surface area contributed by atoms with Gasteiger partial charge in [-0.3, -0.25) is 9.20 Å². The molecule has 0 saturated heterocycles. The van der Waals surface area contributed by atoms with Crippen LogP contribution < -0.4 is 19.8 Å². The standard InChI is InChI=1S/C23H24N2O6/c1-5-6-16-17(24-19-12-9-15(23(27)28)13-25(19)22(16)26)10-7-14-8-11-18(29-2)21(31-4)20(14)30-3/h7-13H,5-6H2,1-4H3,(H,27,28). The van der Waals surface area contributed by atoms with Gasteiger partial charge < -0.3 is 19.3 Å². The molecular weight excluding hydrogens is 400 g/mol. The van der Waals surface area contributed by atoms with Crippen molar-refractivity contribution in [3.8, 4) is 17.2 Å². The number of carboxylic acid groups (broad SMARTS) is 1. The van der Waals surface area contributed by atoms with E-state index < -0.39 is 5.97 Å². The summed E-state index contributed by atoms with van der Waals surface area (Å²) in [5.74, 6) is 0.405. The maximum Gasteiger partial charge on any atom is 0.337 e. The summed E-state index contributed by atoms with van der Waals surface area (Å²) >= 11 is 0. The number of pyridine rings is 1. The van der Waals surface area contributed by atoms with E-state index in [0.717, 1.165) is 12.0 Å². The van der Waals surface area contributed by atoms with E-state index >= 15 is 0 Å². The van der Waals surface area contributed by atoms with Crippen molar-refractivity contribution in [1.29, 1.82) is 0 Å². The maximum absolute atomic E-state index is 13.1. The van der Waals surface area contributed by atoms with Crippen molar-refractivity contribution >= 4 is 23.8 Å². The number of carboxylic acids is 1. The first kappa shape index (κ1) is 21.9. The van der Waals surface area contributed by atoms with Crippen molar-refractivity contribution in [3.63, 3.8) is 0 Å². The highest BCUT2D eigenvalue weighted by molar-refractivity contribution is 5.87. The van der Waals surface area contributed by atoms with Crippen LogP contribution >= 0.6 is 0 Å². The van der Waals surface area contributed by atoms with E-state index in [1.165, 1.54) is 36.9 Å². The average molecular weight is 424 g/mol. The first-order valence-corrected chi connectivity index (χ1v) is 9.70. The Morgan fingerprint density at radius 2 is 1.81 bits per heavy atom. The molecule has 0 aliphatic rings. The van der Waals surface area contributed by atoms with Gasteiger partial charge in [0.1, 0.15) is 5.65 Å². The Balaban J connectivity index is 2.16. The van der Waals surface area contributed by atoms with Crippen LogP contribution in [0.3, 0.4) is 0 Å². The highest BCUT2D eigenvalue weighted by atomic mass is 16.5. The van der Waals surface area contributed by atoms with Crippen molar-refractivity contribution in [2.24, 2.45) is 0 Å². The molecule has 8 nitrogen and oxygen atoms in total. The highest BCUT2D eigenvalue weighted by Gasteiger charge is 2.16. The molecule has 2 aromatic heterocycles. The predicted octanol–water partition coefficient (Wildman–Crippen LogP) is 3.54. The lowest BCUT2D eigenvalue weighted by Gasteiger charge is -2.14. The number of nitrogens with zero attached hydrogens (tertiary/aromatic N) is 2. The summed E-state index contributed by atoms with van der Waals surface area (Å²) in [5.41, 5.74) is 1.87. The molecule has 0 fully saturated rings. The van der Waals surface area contributed by atoms with Gasteiger partial charge in [-0.15, -0.1) is 0 Å². The number of aromatic carboxylic acids is 1. The fraction of sp³-hybridized carbons (Fsp3) is 0.261. The van der Waals surface area contributed by atoms with Gasteiger partial charge in [0.2, 0.25) is 5.75 Å². The molecule has 1 aromatic carbocycles. The van der Waals surface area contributed by atoms with Crippen LogP contribution in [0.2, 0.25) is 0 Å². The van der Waals surface area contributed by atoms with Crippen LogP contribution in [0.15, 0.2) is 35.3 Å². The lowest BCUT2D eigenvalue weighted by atomic mass is 10.1. The lowest BCUT2D eigenvalue weighted by Crippen LogP contribution is -2.22. The molecular formula is C23H24N2O6. The number of hydrogen-bond acceptors (Lipinski definition) is 6. The van der Waals surface area contributed by atoms with Crippen molar-refractivity contribution in [2.45, 2.75) is 19.8 Å². The number of fused-ring (bicyclic) bond motifs is 1. The van der Waals surface area contributed by atoms with Gasteiger partial charge in [-0.05, 0) is 42.8 Å². The Kier molecular flexibility index (Phi) is 6.59. The van der Waals surface area contributed by atoms with Crippen molar-refractivity contribution in [3.05, 3.63) is 63.2 Å². The average Bonchev–Trinajstić information content (AvgIpc) is 2.78. The quantitative estimate of drug-likeness (QED) is 0.590. The van der Waals surface area contributed by atoms with Crippen LogP contribution in [0.4, 0.5) is 0 Å². The van der Waals surface area contributed by atoms with Gasteiger partial charge in [0.05, 0.1) is 32.6 Å². The first-order chi connectivity index (χ1) is 14.9. The van der Waals surface area contributed by atoms with E-state index in [2.05, 4.69) is 4.98 Å². The minimum atomic E-state index is -1.10. The summed E-state index contributed by atoms with van der Waals surface area (Å²) in [6.45, 7) is 1.97. The maximum atomic E-state index is 13.1. The first-order valence-electron chi connectivity index (χ1n) is 9.70. The molecule has 3 aromatic rings. The summed E-state index contributed by atoms with van der Waals surface area (Å²) in [6.07, 6.45) is 6.10. The predicted molar refractivity (Wildman–Crippen MR) is 117 cm³/mol. The van der Waals surface area contributed by atoms with E-state index in [9.17, 15) is 14.7 Å². The Labute approximate surface area is 179 Å². The summed E-state index contributed by atoms with van der Waals surface area (Å²) in [7, 11) is 4.62. The summed E-state index contributed by atoms with van der Waals surface area (Å²) in [6, 6.07) is 6.54. The second-order valence-electron chi connectivity index (χ2n) is 6.74. The lowest BCUT2D eigenvalue weighted by molar-refractivity contribution is 0.0696. The third kappa shape index (κ3) is 4.23. The largest absolute Gasteiger partial charge is 0.493 e. The molecule has 0 aliphatic carbocycles. The topological polar surface area (TPSA) is 99.4 Å². The summed E-state index contributed by atoms with van der Waals surface area (Å²) in [5, 5.41) is 9.22. The smallest absolute Gasteiger partial charge is 0.337 e. The van der Waals surface area contributed by atoms with Crippen LogP contribution in [0.5, 0.6) is 17.2 Å². The molecule has 31 heavy (non-hydrogen) atoms. The van der Waals surface area contributed by atoms with E-state index in [-0.39, 0.29) is 11.1 Å². The molecule has 162 valence electrons. The van der Waals surface area contributed by atoms with E-state index in [1.54, 1.807) is 25.3 Å². The van der Waals surface area contributed by atoms with Gasteiger partial charge in [-0.25, -0.2) is 9.78 Å². The molecule has 0 radical (unpaired) electrons. The number of rotatable bonds is 8. The van der Waals surface area contributed by atoms with Gasteiger partial charge >= 0.3 is 5.97 Å². The molecule has 0 amide bonds. The molecule has 0 spiro atoms. The zero-order chi connectivity index (χ0) is 22.5. The Morgan fingerprint density at radius 1 is 1.06 bits per heavy atom. The van der Waals surface area contributed by atoms with Crippen LogP contribution in [-0.2, 0) is 6.42 Å². The molecule has 1 N–H and O–H groups in total. The van der Waals surface area contributed by atoms with E-state index in [0.29, 0.717) is 40.6 Å². The zero-order valence-corrected chi connectivity index (χ0v) is 17.8. The van der Waals surface area contributed by atoms with Crippen LogP contribution in [0.25, 0.3) is 17.8 Å². The van der Waals surface area contributed by atoms with Crippen LogP contribution in [0, 0.1) is 0 Å². The number of methoxy groups -OCH3 is 3. The zero-order valence-electron chi connectivity index (χ0n) is 17.8.